The summed E-state index contributed by atoms with van der Waals surface area (Å²) in [4.78, 5) is 15.6. The topological polar surface area (TPSA) is 50.2 Å². The Morgan fingerprint density at radius 3 is 2.48 bits per heavy atom. The molecular weight excluding hydrogens is 286 g/mol. The lowest BCUT2D eigenvalue weighted by Crippen LogP contribution is -2.20. The van der Waals surface area contributed by atoms with Crippen LogP contribution in [0, 0.1) is 6.42 Å². The normalized spacial score (nSPS) is 12.2. The van der Waals surface area contributed by atoms with Crippen LogP contribution in [0.5, 0.6) is 0 Å². The maximum Gasteiger partial charge on any atom is 0.155 e. The molecule has 1 N–H and O–H groups in total. The van der Waals surface area contributed by atoms with Crippen LogP contribution in [0.2, 0.25) is 0 Å². The molecule has 0 amide bonds. The van der Waals surface area contributed by atoms with Crippen LogP contribution in [0.25, 0.3) is 0 Å². The van der Waals surface area contributed by atoms with Crippen LogP contribution in [0.4, 0.5) is 0 Å². The van der Waals surface area contributed by atoms with Crippen LogP contribution in [-0.4, -0.2) is 15.9 Å². The van der Waals surface area contributed by atoms with E-state index in [1.165, 1.54) is 18.6 Å². The van der Waals surface area contributed by atoms with Gasteiger partial charge in [-0.2, -0.15) is 0 Å². The smallest absolute Gasteiger partial charge is 0.155 e. The standard InChI is InChI=1S/C20H22NO2/c1-15(22)14-18(23)13-12-17-10-7-11-19(21-17)20(2,3)16-8-5-4-6-9-16/h4-12,14,23H,13H2,1-3H3/b18-14-. The van der Waals surface area contributed by atoms with E-state index >= 15 is 0 Å². The number of nitrogens with zero attached hydrogens (tertiary/aromatic N) is 1. The second kappa shape index (κ2) is 7.23. The van der Waals surface area contributed by atoms with E-state index in [-0.39, 0.29) is 17.0 Å². The Bertz CT molecular complexity index is 703. The minimum atomic E-state index is -0.206. The van der Waals surface area contributed by atoms with Gasteiger partial charge in [0.1, 0.15) is 0 Å². The van der Waals surface area contributed by atoms with Gasteiger partial charge in [-0.1, -0.05) is 50.2 Å². The molecule has 1 aromatic carbocycles. The Hall–Kier alpha value is -2.42. The van der Waals surface area contributed by atoms with Gasteiger partial charge in [-0.15, -0.1) is 0 Å². The largest absolute Gasteiger partial charge is 0.512 e. The Balaban J connectivity index is 2.18. The molecule has 0 bridgehead atoms. The third-order valence-corrected chi connectivity index (χ3v) is 3.80. The fourth-order valence-corrected chi connectivity index (χ4v) is 2.42. The van der Waals surface area contributed by atoms with Crippen LogP contribution in [0.15, 0.2) is 60.4 Å². The summed E-state index contributed by atoms with van der Waals surface area (Å²) >= 11 is 0. The first kappa shape index (κ1) is 16.9. The van der Waals surface area contributed by atoms with E-state index in [0.29, 0.717) is 6.42 Å². The molecule has 2 rings (SSSR count). The van der Waals surface area contributed by atoms with Crippen molar-refractivity contribution in [1.29, 1.82) is 0 Å². The summed E-state index contributed by atoms with van der Waals surface area (Å²) in [5.74, 6) is -0.116. The number of benzene rings is 1. The van der Waals surface area contributed by atoms with Gasteiger partial charge in [0.05, 0.1) is 11.5 Å². The Morgan fingerprint density at radius 2 is 1.83 bits per heavy atom. The Kier molecular flexibility index (Phi) is 5.32. The van der Waals surface area contributed by atoms with E-state index in [1.54, 1.807) is 0 Å². The van der Waals surface area contributed by atoms with E-state index in [2.05, 4.69) is 26.0 Å². The highest BCUT2D eigenvalue weighted by molar-refractivity contribution is 5.87. The van der Waals surface area contributed by atoms with Crippen molar-refractivity contribution in [2.24, 2.45) is 0 Å². The van der Waals surface area contributed by atoms with Crippen LogP contribution < -0.4 is 0 Å². The maximum atomic E-state index is 10.9. The number of aliphatic hydroxyl groups excluding tert-OH is 1. The van der Waals surface area contributed by atoms with E-state index < -0.39 is 0 Å². The predicted molar refractivity (Wildman–Crippen MR) is 92.2 cm³/mol. The quantitative estimate of drug-likeness (QED) is 0.636. The number of ketones is 1. The number of aliphatic hydroxyl groups is 1. The molecule has 119 valence electrons. The second-order valence-electron chi connectivity index (χ2n) is 6.09. The van der Waals surface area contributed by atoms with Crippen molar-refractivity contribution in [3.63, 3.8) is 0 Å². The summed E-state index contributed by atoms with van der Waals surface area (Å²) in [7, 11) is 0. The minimum absolute atomic E-state index is 0.0482. The number of carbonyl (C=O) groups excluding carboxylic acids is 1. The van der Waals surface area contributed by atoms with Gasteiger partial charge in [0.2, 0.25) is 0 Å². The zero-order valence-corrected chi connectivity index (χ0v) is 13.8. The molecule has 0 fully saturated rings. The molecule has 0 atom stereocenters. The zero-order valence-electron chi connectivity index (χ0n) is 13.8. The maximum absolute atomic E-state index is 10.9. The lowest BCUT2D eigenvalue weighted by atomic mass is 9.81. The molecule has 0 aliphatic carbocycles. The van der Waals surface area contributed by atoms with Crippen molar-refractivity contribution in [1.82, 2.24) is 4.98 Å². The van der Waals surface area contributed by atoms with Gasteiger partial charge in [-0.25, -0.2) is 0 Å². The lowest BCUT2D eigenvalue weighted by Gasteiger charge is -2.25. The SMILES string of the molecule is CC(=O)/C=C(\O)C[CH]c1cccc(C(C)(C)c2ccccc2)n1. The highest BCUT2D eigenvalue weighted by Crippen LogP contribution is 2.30. The molecule has 0 saturated carbocycles. The molecular formula is C20H22NO2. The molecule has 0 aliphatic heterocycles. The van der Waals surface area contributed by atoms with Crippen LogP contribution in [-0.2, 0) is 10.2 Å². The second-order valence-corrected chi connectivity index (χ2v) is 6.09. The molecule has 3 heteroatoms. The zero-order chi connectivity index (χ0) is 16.9. The number of allylic oxidation sites excluding steroid dienone is 2. The average Bonchev–Trinajstić information content (AvgIpc) is 2.53. The van der Waals surface area contributed by atoms with Gasteiger partial charge >= 0.3 is 0 Å². The summed E-state index contributed by atoms with van der Waals surface area (Å²) in [6.07, 6.45) is 3.34. The summed E-state index contributed by atoms with van der Waals surface area (Å²) in [6, 6.07) is 16.1. The number of hydrogen-bond donors (Lipinski definition) is 1. The number of aromatic nitrogens is 1. The molecule has 1 radical (unpaired) electrons. The molecule has 1 aromatic heterocycles. The van der Waals surface area contributed by atoms with Gasteiger partial charge < -0.3 is 5.11 Å². The number of pyridine rings is 1. The summed E-state index contributed by atoms with van der Waals surface area (Å²) in [6.45, 7) is 5.70. The molecule has 0 unspecified atom stereocenters. The first-order valence-electron chi connectivity index (χ1n) is 7.66. The highest BCUT2D eigenvalue weighted by atomic mass is 16.3. The monoisotopic (exact) mass is 308 g/mol. The van der Waals surface area contributed by atoms with Gasteiger partial charge in [-0.05, 0) is 24.6 Å². The van der Waals surface area contributed by atoms with Gasteiger partial charge in [0.15, 0.2) is 5.78 Å². The van der Waals surface area contributed by atoms with Gasteiger partial charge in [0.25, 0.3) is 0 Å². The minimum Gasteiger partial charge on any atom is -0.512 e. The van der Waals surface area contributed by atoms with E-state index in [0.717, 1.165) is 11.4 Å². The molecule has 3 nitrogen and oxygen atoms in total. The number of hydrogen-bond acceptors (Lipinski definition) is 3. The summed E-state index contributed by atoms with van der Waals surface area (Å²) < 4.78 is 0. The lowest BCUT2D eigenvalue weighted by molar-refractivity contribution is -0.112. The van der Waals surface area contributed by atoms with Crippen LogP contribution in [0.3, 0.4) is 0 Å². The first-order valence-corrected chi connectivity index (χ1v) is 7.66. The van der Waals surface area contributed by atoms with E-state index in [9.17, 15) is 9.90 Å². The average molecular weight is 308 g/mol. The fourth-order valence-electron chi connectivity index (χ4n) is 2.42. The summed E-state index contributed by atoms with van der Waals surface area (Å²) in [5.41, 5.74) is 2.74. The first-order chi connectivity index (χ1) is 10.9. The third-order valence-electron chi connectivity index (χ3n) is 3.80. The highest BCUT2D eigenvalue weighted by Gasteiger charge is 2.24. The van der Waals surface area contributed by atoms with Crippen LogP contribution in [0.1, 0.15) is 44.1 Å². The predicted octanol–water partition coefficient (Wildman–Crippen LogP) is 4.38. The molecule has 0 saturated heterocycles. The molecule has 0 spiro atoms. The van der Waals surface area contributed by atoms with Crippen LogP contribution >= 0.6 is 0 Å². The molecule has 23 heavy (non-hydrogen) atoms. The fraction of sp³-hybridized carbons (Fsp3) is 0.250. The van der Waals surface area contributed by atoms with Crippen molar-refractivity contribution >= 4 is 5.78 Å². The molecule has 1 heterocycles. The molecule has 0 aliphatic rings. The molecule has 2 aromatic rings. The third kappa shape index (κ3) is 4.52. The summed E-state index contributed by atoms with van der Waals surface area (Å²) in [5, 5.41) is 9.67. The van der Waals surface area contributed by atoms with Gasteiger partial charge in [0, 0.05) is 30.0 Å². The van der Waals surface area contributed by atoms with Crippen molar-refractivity contribution < 1.29 is 9.90 Å². The van der Waals surface area contributed by atoms with Crippen molar-refractivity contribution in [3.8, 4) is 0 Å². The number of rotatable bonds is 6. The van der Waals surface area contributed by atoms with E-state index in [1.807, 2.05) is 42.8 Å². The number of carbonyl (C=O) groups is 1. The van der Waals surface area contributed by atoms with Gasteiger partial charge in [-0.3, -0.25) is 9.78 Å². The van der Waals surface area contributed by atoms with Crippen molar-refractivity contribution in [3.05, 3.63) is 83.7 Å². The van der Waals surface area contributed by atoms with E-state index in [4.69, 9.17) is 4.98 Å². The van der Waals surface area contributed by atoms with Crippen molar-refractivity contribution in [2.45, 2.75) is 32.6 Å². The Morgan fingerprint density at radius 1 is 1.13 bits per heavy atom. The van der Waals surface area contributed by atoms with Crippen molar-refractivity contribution in [2.75, 3.05) is 0 Å². The Labute approximate surface area is 137 Å².